The van der Waals surface area contributed by atoms with Gasteiger partial charge < -0.3 is 5.73 Å². The molecular weight excluding hydrogens is 316 g/mol. The summed E-state index contributed by atoms with van der Waals surface area (Å²) in [6, 6.07) is 4.24. The van der Waals surface area contributed by atoms with E-state index in [9.17, 15) is 13.2 Å². The highest BCUT2D eigenvalue weighted by atomic mass is 35.5. The molecule has 0 fully saturated rings. The minimum absolute atomic E-state index is 0. The molecule has 3 N–H and O–H groups in total. The Morgan fingerprint density at radius 3 is 2.38 bits per heavy atom. The lowest BCUT2D eigenvalue weighted by atomic mass is 10.3. The average molecular weight is 335 g/mol. The molecule has 0 aliphatic heterocycles. The van der Waals surface area contributed by atoms with Gasteiger partial charge in [0.05, 0.1) is 15.9 Å². The van der Waals surface area contributed by atoms with Gasteiger partial charge in [0.2, 0.25) is 10.0 Å². The van der Waals surface area contributed by atoms with Crippen LogP contribution in [-0.4, -0.2) is 30.1 Å². The monoisotopic (exact) mass is 334 g/mol. The Hall–Kier alpha value is -1.35. The van der Waals surface area contributed by atoms with Crippen LogP contribution in [0.3, 0.4) is 0 Å². The van der Waals surface area contributed by atoms with Crippen LogP contribution < -0.4 is 16.1 Å². The number of hydrogen-bond donors (Lipinski definition) is 2. The molecule has 0 aliphatic rings. The number of fused-ring (bicyclic) bond motifs is 1. The lowest BCUT2D eigenvalue weighted by Gasteiger charge is -2.12. The van der Waals surface area contributed by atoms with Gasteiger partial charge in [-0.15, -0.1) is 12.4 Å². The smallest absolute Gasteiger partial charge is 0.328 e. The number of halogens is 1. The number of hydrogen-bond acceptors (Lipinski definition) is 4. The van der Waals surface area contributed by atoms with Crippen LogP contribution in [0.15, 0.2) is 27.9 Å². The molecule has 0 saturated carbocycles. The summed E-state index contributed by atoms with van der Waals surface area (Å²) in [6.45, 7) is 1.90. The van der Waals surface area contributed by atoms with E-state index in [0.29, 0.717) is 11.0 Å². The molecule has 7 nitrogen and oxygen atoms in total. The van der Waals surface area contributed by atoms with Crippen LogP contribution in [0.4, 0.5) is 0 Å². The standard InChI is InChI=1S/C12H18N4O3S.ClH/c1-8(7-13)14-20(18,19)9-4-5-10-11(6-9)16(3)12(17)15(10)2;/h4-6,8,14H,7,13H2,1-3H3;1H/t8-;/m0./s1. The summed E-state index contributed by atoms with van der Waals surface area (Å²) in [4.78, 5) is 11.9. The number of benzene rings is 1. The Morgan fingerprint density at radius 2 is 1.81 bits per heavy atom. The Labute approximate surface area is 129 Å². The Kier molecular flexibility index (Phi) is 5.21. The van der Waals surface area contributed by atoms with E-state index >= 15 is 0 Å². The van der Waals surface area contributed by atoms with Gasteiger partial charge in [-0.25, -0.2) is 17.9 Å². The van der Waals surface area contributed by atoms with E-state index in [1.54, 1.807) is 27.1 Å². The number of nitrogens with zero attached hydrogens (tertiary/aromatic N) is 2. The molecule has 118 valence electrons. The molecule has 0 amide bonds. The van der Waals surface area contributed by atoms with E-state index in [-0.39, 0.29) is 35.6 Å². The Balaban J connectivity index is 0.00000220. The second kappa shape index (κ2) is 6.18. The fourth-order valence-electron chi connectivity index (χ4n) is 2.03. The first kappa shape index (κ1) is 17.7. The molecule has 0 radical (unpaired) electrons. The van der Waals surface area contributed by atoms with Crippen LogP contribution in [0.2, 0.25) is 0 Å². The predicted octanol–water partition coefficient (Wildman–Crippen LogP) is -0.0757. The number of aromatic nitrogens is 2. The molecule has 0 bridgehead atoms. The first-order valence-electron chi connectivity index (χ1n) is 6.16. The van der Waals surface area contributed by atoms with Gasteiger partial charge in [0.15, 0.2) is 0 Å². The van der Waals surface area contributed by atoms with Gasteiger partial charge in [0.25, 0.3) is 0 Å². The predicted molar refractivity (Wildman–Crippen MR) is 84.2 cm³/mol. The van der Waals surface area contributed by atoms with Crippen molar-refractivity contribution in [3.05, 3.63) is 28.7 Å². The minimum Gasteiger partial charge on any atom is -0.329 e. The summed E-state index contributed by atoms with van der Waals surface area (Å²) in [6.07, 6.45) is 0. The molecule has 0 aliphatic carbocycles. The molecule has 0 saturated heterocycles. The van der Waals surface area contributed by atoms with Crippen molar-refractivity contribution in [2.24, 2.45) is 19.8 Å². The maximum atomic E-state index is 12.2. The van der Waals surface area contributed by atoms with Gasteiger partial charge in [-0.2, -0.15) is 0 Å². The maximum Gasteiger partial charge on any atom is 0.328 e. The zero-order valence-electron chi connectivity index (χ0n) is 12.0. The van der Waals surface area contributed by atoms with E-state index in [4.69, 9.17) is 5.73 Å². The van der Waals surface area contributed by atoms with Crippen molar-refractivity contribution in [2.45, 2.75) is 17.9 Å². The summed E-state index contributed by atoms with van der Waals surface area (Å²) in [7, 11) is -0.384. The van der Waals surface area contributed by atoms with Crippen LogP contribution in [0, 0.1) is 0 Å². The highest BCUT2D eigenvalue weighted by molar-refractivity contribution is 7.89. The molecule has 0 spiro atoms. The lowest BCUT2D eigenvalue weighted by molar-refractivity contribution is 0.563. The van der Waals surface area contributed by atoms with Gasteiger partial charge in [-0.3, -0.25) is 9.13 Å². The number of rotatable bonds is 4. The summed E-state index contributed by atoms with van der Waals surface area (Å²) in [5.74, 6) is 0. The van der Waals surface area contributed by atoms with Crippen molar-refractivity contribution in [1.82, 2.24) is 13.9 Å². The molecule has 0 unspecified atom stereocenters. The van der Waals surface area contributed by atoms with Crippen molar-refractivity contribution in [1.29, 1.82) is 0 Å². The van der Waals surface area contributed by atoms with E-state index in [1.165, 1.54) is 21.3 Å². The summed E-state index contributed by atoms with van der Waals surface area (Å²) >= 11 is 0. The normalized spacial score (nSPS) is 13.1. The molecule has 1 atom stereocenters. The summed E-state index contributed by atoms with van der Waals surface area (Å²) in [5, 5.41) is 0. The van der Waals surface area contributed by atoms with Gasteiger partial charge in [0, 0.05) is 26.7 Å². The van der Waals surface area contributed by atoms with E-state index in [2.05, 4.69) is 4.72 Å². The zero-order chi connectivity index (χ0) is 15.1. The molecule has 1 aromatic heterocycles. The van der Waals surface area contributed by atoms with Crippen molar-refractivity contribution in [3.8, 4) is 0 Å². The van der Waals surface area contributed by atoms with Crippen LogP contribution >= 0.6 is 12.4 Å². The van der Waals surface area contributed by atoms with Crippen LogP contribution in [-0.2, 0) is 24.1 Å². The molecular formula is C12H19ClN4O3S. The van der Waals surface area contributed by atoms with Crippen molar-refractivity contribution >= 4 is 33.5 Å². The third-order valence-electron chi connectivity index (χ3n) is 3.26. The first-order chi connectivity index (χ1) is 9.27. The van der Waals surface area contributed by atoms with Crippen LogP contribution in [0.5, 0.6) is 0 Å². The van der Waals surface area contributed by atoms with Crippen LogP contribution in [0.25, 0.3) is 11.0 Å². The Bertz CT molecular complexity index is 810. The second-order valence-electron chi connectivity index (χ2n) is 4.81. The molecule has 21 heavy (non-hydrogen) atoms. The second-order valence-corrected chi connectivity index (χ2v) is 6.52. The number of sulfonamides is 1. The number of nitrogens with one attached hydrogen (secondary N) is 1. The van der Waals surface area contributed by atoms with Crippen LogP contribution in [0.1, 0.15) is 6.92 Å². The molecule has 1 heterocycles. The molecule has 2 rings (SSSR count). The fourth-order valence-corrected chi connectivity index (χ4v) is 3.31. The van der Waals surface area contributed by atoms with Crippen molar-refractivity contribution in [3.63, 3.8) is 0 Å². The average Bonchev–Trinajstić information content (AvgIpc) is 2.63. The molecule has 1 aromatic carbocycles. The van der Waals surface area contributed by atoms with E-state index in [1.807, 2.05) is 0 Å². The largest absolute Gasteiger partial charge is 0.329 e. The molecule has 2 aromatic rings. The van der Waals surface area contributed by atoms with Gasteiger partial charge in [-0.05, 0) is 25.1 Å². The number of nitrogens with two attached hydrogens (primary N) is 1. The molecule has 9 heteroatoms. The maximum absolute atomic E-state index is 12.2. The highest BCUT2D eigenvalue weighted by Gasteiger charge is 2.18. The number of aryl methyl sites for hydroxylation is 2. The number of imidazole rings is 1. The fraction of sp³-hybridized carbons (Fsp3) is 0.417. The lowest BCUT2D eigenvalue weighted by Crippen LogP contribution is -2.37. The highest BCUT2D eigenvalue weighted by Crippen LogP contribution is 2.17. The first-order valence-corrected chi connectivity index (χ1v) is 7.64. The van der Waals surface area contributed by atoms with Gasteiger partial charge in [-0.1, -0.05) is 0 Å². The SMILES string of the molecule is C[C@@H](CN)NS(=O)(=O)c1ccc2c(c1)n(C)c(=O)n2C.Cl. The summed E-state index contributed by atoms with van der Waals surface area (Å²) in [5.41, 5.74) is 6.48. The minimum atomic E-state index is -3.64. The van der Waals surface area contributed by atoms with Crippen molar-refractivity contribution in [2.75, 3.05) is 6.54 Å². The summed E-state index contributed by atoms with van der Waals surface area (Å²) < 4.78 is 29.7. The topological polar surface area (TPSA) is 99.1 Å². The third kappa shape index (κ3) is 3.13. The quantitative estimate of drug-likeness (QED) is 0.817. The van der Waals surface area contributed by atoms with Crippen molar-refractivity contribution < 1.29 is 8.42 Å². The van der Waals surface area contributed by atoms with Gasteiger partial charge in [0.1, 0.15) is 0 Å². The van der Waals surface area contributed by atoms with Gasteiger partial charge >= 0.3 is 5.69 Å². The third-order valence-corrected chi connectivity index (χ3v) is 4.85. The zero-order valence-corrected chi connectivity index (χ0v) is 13.7. The van der Waals surface area contributed by atoms with E-state index < -0.39 is 10.0 Å². The Morgan fingerprint density at radius 1 is 1.24 bits per heavy atom. The van der Waals surface area contributed by atoms with E-state index in [0.717, 1.165) is 0 Å².